The van der Waals surface area contributed by atoms with Gasteiger partial charge in [0.05, 0.1) is 12.2 Å². The molecule has 0 aromatic heterocycles. The molecule has 1 saturated heterocycles. The van der Waals surface area contributed by atoms with E-state index in [1.807, 2.05) is 42.5 Å². The van der Waals surface area contributed by atoms with Crippen molar-refractivity contribution < 1.29 is 19.4 Å². The fourth-order valence-electron chi connectivity index (χ4n) is 2.60. The summed E-state index contributed by atoms with van der Waals surface area (Å²) in [6, 6.07) is 22.2. The van der Waals surface area contributed by atoms with Crippen molar-refractivity contribution in [2.45, 2.75) is 15.9 Å². The lowest BCUT2D eigenvalue weighted by molar-refractivity contribution is 0.103. The standard InChI is InChI=1S/C22H18O4S/c23-21-12-16(25-13-17-14-26-17)8-11-20(21)22(24)15-6-9-19(10-7-15)27-18-4-2-1-3-5-18/h1-12,17,23H,13-14H2. The summed E-state index contributed by atoms with van der Waals surface area (Å²) in [4.78, 5) is 14.9. The largest absolute Gasteiger partial charge is 0.507 e. The van der Waals surface area contributed by atoms with Crippen molar-refractivity contribution in [3.63, 3.8) is 0 Å². The molecule has 5 heteroatoms. The monoisotopic (exact) mass is 378 g/mol. The average molecular weight is 378 g/mol. The molecule has 1 aliphatic rings. The molecule has 1 fully saturated rings. The van der Waals surface area contributed by atoms with Crippen molar-refractivity contribution >= 4 is 17.5 Å². The summed E-state index contributed by atoms with van der Waals surface area (Å²) in [5.74, 6) is 0.215. The van der Waals surface area contributed by atoms with Gasteiger partial charge in [-0.1, -0.05) is 30.0 Å². The van der Waals surface area contributed by atoms with E-state index in [1.165, 1.54) is 6.07 Å². The second-order valence-corrected chi connectivity index (χ2v) is 7.36. The van der Waals surface area contributed by atoms with E-state index in [-0.39, 0.29) is 23.2 Å². The first-order chi connectivity index (χ1) is 13.2. The number of phenolic OH excluding ortho intramolecular Hbond substituents is 1. The zero-order chi connectivity index (χ0) is 18.6. The Hall–Kier alpha value is -2.76. The van der Waals surface area contributed by atoms with Gasteiger partial charge in [-0.3, -0.25) is 4.79 Å². The summed E-state index contributed by atoms with van der Waals surface area (Å²) >= 11 is 1.63. The molecule has 3 aromatic rings. The van der Waals surface area contributed by atoms with Crippen LogP contribution in [0.1, 0.15) is 15.9 Å². The van der Waals surface area contributed by atoms with Gasteiger partial charge in [0.15, 0.2) is 5.78 Å². The average Bonchev–Trinajstić information content (AvgIpc) is 3.52. The molecule has 0 aliphatic carbocycles. The molecule has 0 bridgehead atoms. The molecular weight excluding hydrogens is 360 g/mol. The lowest BCUT2D eigenvalue weighted by Gasteiger charge is -2.08. The molecule has 1 heterocycles. The molecule has 0 spiro atoms. The number of hydrogen-bond donors (Lipinski definition) is 1. The smallest absolute Gasteiger partial charge is 0.196 e. The number of rotatable bonds is 7. The maximum atomic E-state index is 12.7. The van der Waals surface area contributed by atoms with Crippen LogP contribution < -0.4 is 4.74 Å². The van der Waals surface area contributed by atoms with Crippen LogP contribution in [0.3, 0.4) is 0 Å². The van der Waals surface area contributed by atoms with Crippen LogP contribution in [0.2, 0.25) is 0 Å². The van der Waals surface area contributed by atoms with E-state index in [2.05, 4.69) is 0 Å². The van der Waals surface area contributed by atoms with E-state index in [0.29, 0.717) is 24.5 Å². The maximum absolute atomic E-state index is 12.7. The quantitative estimate of drug-likeness (QED) is 0.483. The highest BCUT2D eigenvalue weighted by molar-refractivity contribution is 7.99. The molecule has 1 N–H and O–H groups in total. The number of phenols is 1. The van der Waals surface area contributed by atoms with Crippen molar-refractivity contribution in [2.24, 2.45) is 0 Å². The second-order valence-electron chi connectivity index (χ2n) is 6.21. The predicted molar refractivity (Wildman–Crippen MR) is 104 cm³/mol. The summed E-state index contributed by atoms with van der Waals surface area (Å²) in [7, 11) is 0. The number of benzene rings is 3. The van der Waals surface area contributed by atoms with Crippen molar-refractivity contribution in [3.05, 3.63) is 83.9 Å². The van der Waals surface area contributed by atoms with Gasteiger partial charge in [-0.05, 0) is 48.5 Å². The topological polar surface area (TPSA) is 59.1 Å². The Balaban J connectivity index is 1.45. The molecule has 27 heavy (non-hydrogen) atoms. The van der Waals surface area contributed by atoms with Crippen LogP contribution in [-0.4, -0.2) is 30.2 Å². The molecule has 1 unspecified atom stereocenters. The fraction of sp³-hybridized carbons (Fsp3) is 0.136. The summed E-state index contributed by atoms with van der Waals surface area (Å²) < 4.78 is 10.6. The molecular formula is C22H18O4S. The Bertz CT molecular complexity index is 934. The second kappa shape index (κ2) is 7.86. The number of epoxide rings is 1. The minimum Gasteiger partial charge on any atom is -0.507 e. The van der Waals surface area contributed by atoms with Crippen LogP contribution in [0.25, 0.3) is 0 Å². The number of aromatic hydroxyl groups is 1. The minimum absolute atomic E-state index is 0.0862. The first-order valence-electron chi connectivity index (χ1n) is 8.64. The molecule has 0 saturated carbocycles. The van der Waals surface area contributed by atoms with E-state index in [1.54, 1.807) is 36.0 Å². The number of ketones is 1. The van der Waals surface area contributed by atoms with Gasteiger partial charge in [-0.15, -0.1) is 0 Å². The van der Waals surface area contributed by atoms with Crippen molar-refractivity contribution in [2.75, 3.05) is 13.2 Å². The van der Waals surface area contributed by atoms with E-state index in [9.17, 15) is 9.90 Å². The van der Waals surface area contributed by atoms with Crippen molar-refractivity contribution in [1.82, 2.24) is 0 Å². The van der Waals surface area contributed by atoms with Gasteiger partial charge in [0.2, 0.25) is 0 Å². The normalized spacial score (nSPS) is 15.3. The van der Waals surface area contributed by atoms with Gasteiger partial charge in [0, 0.05) is 21.4 Å². The summed E-state index contributed by atoms with van der Waals surface area (Å²) in [5, 5.41) is 10.2. The number of carbonyl (C=O) groups excluding carboxylic acids is 1. The maximum Gasteiger partial charge on any atom is 0.196 e. The lowest BCUT2D eigenvalue weighted by atomic mass is 10.0. The molecule has 1 atom stereocenters. The van der Waals surface area contributed by atoms with Gasteiger partial charge in [0.25, 0.3) is 0 Å². The van der Waals surface area contributed by atoms with Gasteiger partial charge in [0.1, 0.15) is 24.2 Å². The highest BCUT2D eigenvalue weighted by Crippen LogP contribution is 2.29. The third kappa shape index (κ3) is 4.51. The van der Waals surface area contributed by atoms with Gasteiger partial charge in [-0.2, -0.15) is 0 Å². The van der Waals surface area contributed by atoms with Crippen molar-refractivity contribution in [1.29, 1.82) is 0 Å². The molecule has 0 radical (unpaired) electrons. The Morgan fingerprint density at radius 3 is 2.41 bits per heavy atom. The van der Waals surface area contributed by atoms with E-state index >= 15 is 0 Å². The third-order valence-corrected chi connectivity index (χ3v) is 5.16. The van der Waals surface area contributed by atoms with E-state index in [0.717, 1.165) is 9.79 Å². The predicted octanol–water partition coefficient (Wildman–Crippen LogP) is 4.55. The van der Waals surface area contributed by atoms with E-state index in [4.69, 9.17) is 9.47 Å². The van der Waals surface area contributed by atoms with Crippen LogP contribution in [0.15, 0.2) is 82.6 Å². The number of hydrogen-bond acceptors (Lipinski definition) is 5. The third-order valence-electron chi connectivity index (χ3n) is 4.15. The number of ether oxygens (including phenoxy) is 2. The van der Waals surface area contributed by atoms with Gasteiger partial charge < -0.3 is 14.6 Å². The minimum atomic E-state index is -0.221. The molecule has 4 rings (SSSR count). The molecule has 4 nitrogen and oxygen atoms in total. The Labute approximate surface area is 161 Å². The Morgan fingerprint density at radius 2 is 1.74 bits per heavy atom. The van der Waals surface area contributed by atoms with Gasteiger partial charge in [-0.25, -0.2) is 0 Å². The molecule has 3 aromatic carbocycles. The summed E-state index contributed by atoms with van der Waals surface area (Å²) in [5.41, 5.74) is 0.788. The number of carbonyl (C=O) groups is 1. The van der Waals surface area contributed by atoms with Crippen molar-refractivity contribution in [3.8, 4) is 11.5 Å². The van der Waals surface area contributed by atoms with Crippen LogP contribution in [0.5, 0.6) is 11.5 Å². The SMILES string of the molecule is O=C(c1ccc(Sc2ccccc2)cc1)c1ccc(OCC2CO2)cc1O. The highest BCUT2D eigenvalue weighted by Gasteiger charge is 2.23. The summed E-state index contributed by atoms with van der Waals surface area (Å²) in [6.45, 7) is 1.16. The highest BCUT2D eigenvalue weighted by atomic mass is 32.2. The van der Waals surface area contributed by atoms with Crippen LogP contribution in [0.4, 0.5) is 0 Å². The summed E-state index contributed by atoms with van der Waals surface area (Å²) in [6.07, 6.45) is 0.140. The van der Waals surface area contributed by atoms with Gasteiger partial charge >= 0.3 is 0 Å². The van der Waals surface area contributed by atoms with Crippen LogP contribution in [0, 0.1) is 0 Å². The lowest BCUT2D eigenvalue weighted by Crippen LogP contribution is -2.05. The first kappa shape index (κ1) is 17.6. The molecule has 0 amide bonds. The zero-order valence-corrected chi connectivity index (χ0v) is 15.3. The van der Waals surface area contributed by atoms with Crippen LogP contribution in [-0.2, 0) is 4.74 Å². The van der Waals surface area contributed by atoms with Crippen LogP contribution >= 0.6 is 11.8 Å². The Kier molecular flexibility index (Phi) is 5.14. The van der Waals surface area contributed by atoms with E-state index < -0.39 is 0 Å². The zero-order valence-electron chi connectivity index (χ0n) is 14.5. The molecule has 1 aliphatic heterocycles. The fourth-order valence-corrected chi connectivity index (χ4v) is 3.44. The Morgan fingerprint density at radius 1 is 1.04 bits per heavy atom. The molecule has 136 valence electrons. The first-order valence-corrected chi connectivity index (χ1v) is 9.46.